The van der Waals surface area contributed by atoms with Gasteiger partial charge >= 0.3 is 0 Å². The molecule has 1 aromatic carbocycles. The van der Waals surface area contributed by atoms with Crippen molar-refractivity contribution in [2.24, 2.45) is 5.41 Å². The number of nitriles is 1. The van der Waals surface area contributed by atoms with E-state index in [1.54, 1.807) is 0 Å². The van der Waals surface area contributed by atoms with Gasteiger partial charge in [-0.05, 0) is 23.1 Å². The maximum absolute atomic E-state index is 8.91. The molecule has 3 nitrogen and oxygen atoms in total. The standard InChI is InChI=1S/C16H23N3.2ClH/c1-16(2,3)15(19-10-8-18-9-11-19)14-6-4-13(12-17)5-7-14;;/h4-7,15,18H,8-11H2,1-3H3;2*1H/t15-;;/m0../s1. The van der Waals surface area contributed by atoms with Gasteiger partial charge in [0.2, 0.25) is 0 Å². The molecule has 1 saturated heterocycles. The van der Waals surface area contributed by atoms with Crippen molar-refractivity contribution in [2.45, 2.75) is 26.8 Å². The molecule has 1 heterocycles. The van der Waals surface area contributed by atoms with Crippen molar-refractivity contribution < 1.29 is 0 Å². The van der Waals surface area contributed by atoms with Crippen LogP contribution in [0.25, 0.3) is 0 Å². The third kappa shape index (κ3) is 5.16. The Morgan fingerprint density at radius 3 is 2.05 bits per heavy atom. The Hall–Kier alpha value is -0.790. The van der Waals surface area contributed by atoms with Crippen molar-refractivity contribution in [3.63, 3.8) is 0 Å². The Balaban J connectivity index is 0.00000200. The van der Waals surface area contributed by atoms with Gasteiger partial charge in [-0.25, -0.2) is 0 Å². The highest BCUT2D eigenvalue weighted by molar-refractivity contribution is 5.85. The molecule has 1 aliphatic rings. The van der Waals surface area contributed by atoms with Gasteiger partial charge in [0, 0.05) is 32.2 Å². The van der Waals surface area contributed by atoms with Crippen LogP contribution < -0.4 is 5.32 Å². The van der Waals surface area contributed by atoms with Gasteiger partial charge in [0.1, 0.15) is 0 Å². The minimum Gasteiger partial charge on any atom is -0.314 e. The number of hydrogen-bond acceptors (Lipinski definition) is 3. The van der Waals surface area contributed by atoms with E-state index >= 15 is 0 Å². The number of benzene rings is 1. The maximum atomic E-state index is 8.91. The minimum atomic E-state index is 0. The average Bonchev–Trinajstić information content (AvgIpc) is 2.39. The number of rotatable bonds is 2. The van der Waals surface area contributed by atoms with Crippen molar-refractivity contribution in [3.8, 4) is 6.07 Å². The molecule has 1 atom stereocenters. The summed E-state index contributed by atoms with van der Waals surface area (Å²) in [6.07, 6.45) is 0. The quantitative estimate of drug-likeness (QED) is 0.903. The largest absolute Gasteiger partial charge is 0.314 e. The lowest BCUT2D eigenvalue weighted by Crippen LogP contribution is -2.48. The van der Waals surface area contributed by atoms with Gasteiger partial charge in [-0.1, -0.05) is 32.9 Å². The van der Waals surface area contributed by atoms with Crippen LogP contribution in [0.15, 0.2) is 24.3 Å². The molecule has 0 saturated carbocycles. The second-order valence-corrected chi connectivity index (χ2v) is 6.29. The number of hydrogen-bond donors (Lipinski definition) is 1. The zero-order valence-electron chi connectivity index (χ0n) is 12.9. The molecule has 5 heteroatoms. The highest BCUT2D eigenvalue weighted by Crippen LogP contribution is 2.38. The summed E-state index contributed by atoms with van der Waals surface area (Å²) in [6.45, 7) is 11.2. The van der Waals surface area contributed by atoms with Crippen LogP contribution >= 0.6 is 24.8 Å². The van der Waals surface area contributed by atoms with Gasteiger partial charge in [-0.2, -0.15) is 5.26 Å². The first-order chi connectivity index (χ1) is 9.02. The molecule has 1 aliphatic heterocycles. The van der Waals surface area contributed by atoms with Crippen LogP contribution in [0.3, 0.4) is 0 Å². The monoisotopic (exact) mass is 329 g/mol. The number of nitrogens with zero attached hydrogens (tertiary/aromatic N) is 2. The van der Waals surface area contributed by atoms with Gasteiger partial charge in [-0.3, -0.25) is 4.90 Å². The summed E-state index contributed by atoms with van der Waals surface area (Å²) in [6, 6.07) is 10.7. The number of nitrogens with one attached hydrogen (secondary N) is 1. The maximum Gasteiger partial charge on any atom is 0.0991 e. The summed E-state index contributed by atoms with van der Waals surface area (Å²) < 4.78 is 0. The van der Waals surface area contributed by atoms with Crippen LogP contribution in [0.5, 0.6) is 0 Å². The number of halogens is 2. The van der Waals surface area contributed by atoms with Crippen molar-refractivity contribution in [3.05, 3.63) is 35.4 Å². The molecule has 0 aromatic heterocycles. The molecule has 0 bridgehead atoms. The molecular formula is C16H25Cl2N3. The van der Waals surface area contributed by atoms with Crippen molar-refractivity contribution >= 4 is 24.8 Å². The zero-order chi connectivity index (χ0) is 13.9. The fourth-order valence-corrected chi connectivity index (χ4v) is 2.94. The Morgan fingerprint density at radius 2 is 1.62 bits per heavy atom. The van der Waals surface area contributed by atoms with E-state index in [1.807, 2.05) is 12.1 Å². The van der Waals surface area contributed by atoms with Crippen LogP contribution in [-0.4, -0.2) is 31.1 Å². The second kappa shape index (κ2) is 8.60. The van der Waals surface area contributed by atoms with Gasteiger partial charge in [0.05, 0.1) is 11.6 Å². The molecule has 2 rings (SSSR count). The van der Waals surface area contributed by atoms with Gasteiger partial charge in [-0.15, -0.1) is 24.8 Å². The Kier molecular flexibility index (Phi) is 8.28. The third-order valence-electron chi connectivity index (χ3n) is 3.69. The van der Waals surface area contributed by atoms with E-state index in [2.05, 4.69) is 49.2 Å². The van der Waals surface area contributed by atoms with Crippen LogP contribution in [0, 0.1) is 16.7 Å². The number of piperazine rings is 1. The van der Waals surface area contributed by atoms with E-state index in [4.69, 9.17) is 5.26 Å². The predicted octanol–water partition coefficient (Wildman–Crippen LogP) is 3.39. The zero-order valence-corrected chi connectivity index (χ0v) is 14.6. The Morgan fingerprint density at radius 1 is 1.10 bits per heavy atom. The highest BCUT2D eigenvalue weighted by Gasteiger charge is 2.32. The first-order valence-electron chi connectivity index (χ1n) is 6.97. The van der Waals surface area contributed by atoms with Gasteiger partial charge < -0.3 is 5.32 Å². The molecule has 21 heavy (non-hydrogen) atoms. The summed E-state index contributed by atoms with van der Waals surface area (Å²) in [5, 5.41) is 12.3. The van der Waals surface area contributed by atoms with Crippen LogP contribution in [0.4, 0.5) is 0 Å². The molecular weight excluding hydrogens is 305 g/mol. The molecule has 1 N–H and O–H groups in total. The fraction of sp³-hybridized carbons (Fsp3) is 0.562. The average molecular weight is 330 g/mol. The Bertz CT molecular complexity index is 454. The molecule has 0 radical (unpaired) electrons. The topological polar surface area (TPSA) is 39.1 Å². The molecule has 0 aliphatic carbocycles. The molecule has 1 aromatic rings. The van der Waals surface area contributed by atoms with Crippen molar-refractivity contribution in [1.82, 2.24) is 10.2 Å². The summed E-state index contributed by atoms with van der Waals surface area (Å²) >= 11 is 0. The van der Waals surface area contributed by atoms with E-state index in [1.165, 1.54) is 5.56 Å². The molecule has 0 amide bonds. The fourth-order valence-electron chi connectivity index (χ4n) is 2.94. The van der Waals surface area contributed by atoms with E-state index in [9.17, 15) is 0 Å². The Labute approximate surface area is 140 Å². The normalized spacial score (nSPS) is 17.0. The molecule has 0 unspecified atom stereocenters. The van der Waals surface area contributed by atoms with Crippen molar-refractivity contribution in [1.29, 1.82) is 5.26 Å². The third-order valence-corrected chi connectivity index (χ3v) is 3.69. The summed E-state index contributed by atoms with van der Waals surface area (Å²) in [5.41, 5.74) is 2.23. The first kappa shape index (κ1) is 20.2. The van der Waals surface area contributed by atoms with E-state index in [0.29, 0.717) is 6.04 Å². The summed E-state index contributed by atoms with van der Waals surface area (Å²) in [7, 11) is 0. The highest BCUT2D eigenvalue weighted by atomic mass is 35.5. The summed E-state index contributed by atoms with van der Waals surface area (Å²) in [5.74, 6) is 0. The van der Waals surface area contributed by atoms with Gasteiger partial charge in [0.15, 0.2) is 0 Å². The SMILES string of the molecule is CC(C)(C)[C@H](c1ccc(C#N)cc1)N1CCNCC1.Cl.Cl. The molecule has 1 fully saturated rings. The lowest BCUT2D eigenvalue weighted by Gasteiger charge is -2.42. The second-order valence-electron chi connectivity index (χ2n) is 6.29. The van der Waals surface area contributed by atoms with Gasteiger partial charge in [0.25, 0.3) is 0 Å². The lowest BCUT2D eigenvalue weighted by molar-refractivity contribution is 0.0862. The van der Waals surface area contributed by atoms with E-state index in [0.717, 1.165) is 31.7 Å². The molecule has 0 spiro atoms. The lowest BCUT2D eigenvalue weighted by atomic mass is 9.81. The predicted molar refractivity (Wildman–Crippen MR) is 92.3 cm³/mol. The van der Waals surface area contributed by atoms with E-state index < -0.39 is 0 Å². The van der Waals surface area contributed by atoms with Crippen molar-refractivity contribution in [2.75, 3.05) is 26.2 Å². The first-order valence-corrected chi connectivity index (χ1v) is 6.97. The van der Waals surface area contributed by atoms with Crippen LogP contribution in [0.1, 0.15) is 37.9 Å². The summed E-state index contributed by atoms with van der Waals surface area (Å²) in [4.78, 5) is 2.55. The smallest absolute Gasteiger partial charge is 0.0991 e. The minimum absolute atomic E-state index is 0. The van der Waals surface area contributed by atoms with Crippen LogP contribution in [-0.2, 0) is 0 Å². The van der Waals surface area contributed by atoms with Crippen LogP contribution in [0.2, 0.25) is 0 Å². The molecule has 118 valence electrons. The van der Waals surface area contributed by atoms with E-state index in [-0.39, 0.29) is 30.2 Å².